The summed E-state index contributed by atoms with van der Waals surface area (Å²) in [5.41, 5.74) is 4.10. The zero-order valence-electron chi connectivity index (χ0n) is 13.2. The van der Waals surface area contributed by atoms with Gasteiger partial charge in [-0.3, -0.25) is 0 Å². The van der Waals surface area contributed by atoms with Crippen LogP contribution in [0.15, 0.2) is 48.5 Å². The molecule has 0 radical (unpaired) electrons. The summed E-state index contributed by atoms with van der Waals surface area (Å²) in [4.78, 5) is 0. The van der Waals surface area contributed by atoms with E-state index < -0.39 is 0 Å². The average Bonchev–Trinajstić information content (AvgIpc) is 2.40. The standard InChI is InChI=1S/C10H14.C9H11Cl/c1-8(2)10-6-4-9(3)5-7-10;1-7(2)8-3-5-9(10)6-4-8/h4-8H,1-3H3;3-7H,1-2H3. The molecule has 20 heavy (non-hydrogen) atoms. The van der Waals surface area contributed by atoms with Gasteiger partial charge < -0.3 is 0 Å². The molecule has 0 fully saturated rings. The van der Waals surface area contributed by atoms with Crippen LogP contribution in [0.5, 0.6) is 0 Å². The molecule has 0 unspecified atom stereocenters. The molecule has 0 aliphatic carbocycles. The largest absolute Gasteiger partial charge is 0.0843 e. The Morgan fingerprint density at radius 3 is 1.35 bits per heavy atom. The first-order chi connectivity index (χ1) is 9.40. The van der Waals surface area contributed by atoms with E-state index in [-0.39, 0.29) is 0 Å². The van der Waals surface area contributed by atoms with Crippen molar-refractivity contribution < 1.29 is 0 Å². The molecule has 0 spiro atoms. The number of rotatable bonds is 2. The molecule has 0 saturated heterocycles. The van der Waals surface area contributed by atoms with E-state index in [0.717, 1.165) is 5.02 Å². The molecule has 2 rings (SSSR count). The van der Waals surface area contributed by atoms with E-state index in [1.165, 1.54) is 16.7 Å². The second-order valence-corrected chi connectivity index (χ2v) is 6.21. The maximum atomic E-state index is 5.72. The van der Waals surface area contributed by atoms with E-state index in [2.05, 4.69) is 71.0 Å². The number of halogens is 1. The predicted octanol–water partition coefficient (Wildman–Crippen LogP) is 6.58. The van der Waals surface area contributed by atoms with Crippen molar-refractivity contribution in [3.8, 4) is 0 Å². The molecule has 2 aromatic carbocycles. The van der Waals surface area contributed by atoms with Crippen LogP contribution >= 0.6 is 11.6 Å². The van der Waals surface area contributed by atoms with Crippen LogP contribution in [0.1, 0.15) is 56.2 Å². The normalized spacial score (nSPS) is 10.4. The van der Waals surface area contributed by atoms with Crippen molar-refractivity contribution >= 4 is 11.6 Å². The van der Waals surface area contributed by atoms with E-state index >= 15 is 0 Å². The fourth-order valence-corrected chi connectivity index (χ4v) is 1.93. The quantitative estimate of drug-likeness (QED) is 0.585. The molecule has 0 heterocycles. The highest BCUT2D eigenvalue weighted by Crippen LogP contribution is 2.16. The van der Waals surface area contributed by atoms with Crippen LogP contribution in [0, 0.1) is 6.92 Å². The van der Waals surface area contributed by atoms with Crippen molar-refractivity contribution in [3.05, 3.63) is 70.2 Å². The Kier molecular flexibility index (Phi) is 6.81. The molecule has 0 amide bonds. The Labute approximate surface area is 128 Å². The van der Waals surface area contributed by atoms with Crippen LogP contribution in [0.25, 0.3) is 0 Å². The van der Waals surface area contributed by atoms with E-state index in [0.29, 0.717) is 11.8 Å². The summed E-state index contributed by atoms with van der Waals surface area (Å²) < 4.78 is 0. The molecule has 0 nitrogen and oxygen atoms in total. The first-order valence-electron chi connectivity index (χ1n) is 7.22. The Morgan fingerprint density at radius 2 is 1.00 bits per heavy atom. The average molecular weight is 289 g/mol. The van der Waals surface area contributed by atoms with Crippen molar-refractivity contribution in [3.63, 3.8) is 0 Å². The third-order valence-corrected chi connectivity index (χ3v) is 3.53. The van der Waals surface area contributed by atoms with E-state index in [1.807, 2.05) is 12.1 Å². The monoisotopic (exact) mass is 288 g/mol. The Bertz CT molecular complexity index is 443. The van der Waals surface area contributed by atoms with Gasteiger partial charge in [0.25, 0.3) is 0 Å². The Morgan fingerprint density at radius 1 is 0.650 bits per heavy atom. The summed E-state index contributed by atoms with van der Waals surface area (Å²) >= 11 is 5.72. The fraction of sp³-hybridized carbons (Fsp3) is 0.368. The minimum atomic E-state index is 0.595. The van der Waals surface area contributed by atoms with Crippen molar-refractivity contribution in [2.24, 2.45) is 0 Å². The number of aryl methyl sites for hydroxylation is 1. The van der Waals surface area contributed by atoms with Gasteiger partial charge in [0.1, 0.15) is 0 Å². The smallest absolute Gasteiger partial charge is 0.0406 e. The van der Waals surface area contributed by atoms with Gasteiger partial charge in [-0.25, -0.2) is 0 Å². The SMILES string of the molecule is CC(C)c1ccc(Cl)cc1.Cc1ccc(C(C)C)cc1. The van der Waals surface area contributed by atoms with Crippen molar-refractivity contribution in [1.29, 1.82) is 0 Å². The highest BCUT2D eigenvalue weighted by molar-refractivity contribution is 6.30. The van der Waals surface area contributed by atoms with E-state index in [9.17, 15) is 0 Å². The molecular formula is C19H25Cl. The second-order valence-electron chi connectivity index (χ2n) is 5.77. The Hall–Kier alpha value is -1.27. The zero-order chi connectivity index (χ0) is 15.1. The minimum Gasteiger partial charge on any atom is -0.0843 e. The third-order valence-electron chi connectivity index (χ3n) is 3.28. The zero-order valence-corrected chi connectivity index (χ0v) is 13.9. The van der Waals surface area contributed by atoms with Gasteiger partial charge in [-0.1, -0.05) is 81.3 Å². The highest BCUT2D eigenvalue weighted by atomic mass is 35.5. The van der Waals surface area contributed by atoms with Gasteiger partial charge in [0, 0.05) is 5.02 Å². The van der Waals surface area contributed by atoms with Crippen LogP contribution in [0.3, 0.4) is 0 Å². The summed E-state index contributed by atoms with van der Waals surface area (Å²) in [6.45, 7) is 10.9. The van der Waals surface area contributed by atoms with Crippen LogP contribution in [0.2, 0.25) is 5.02 Å². The predicted molar refractivity (Wildman–Crippen MR) is 90.8 cm³/mol. The van der Waals surface area contributed by atoms with Gasteiger partial charge in [-0.05, 0) is 42.0 Å². The van der Waals surface area contributed by atoms with E-state index in [1.54, 1.807) is 0 Å². The van der Waals surface area contributed by atoms with Crippen LogP contribution in [0.4, 0.5) is 0 Å². The topological polar surface area (TPSA) is 0 Å². The molecule has 0 bridgehead atoms. The molecule has 0 aliphatic heterocycles. The molecule has 0 saturated carbocycles. The molecule has 0 atom stereocenters. The molecule has 1 heteroatoms. The van der Waals surface area contributed by atoms with Gasteiger partial charge >= 0.3 is 0 Å². The lowest BCUT2D eigenvalue weighted by Gasteiger charge is -2.03. The summed E-state index contributed by atoms with van der Waals surface area (Å²) in [5.74, 6) is 1.25. The van der Waals surface area contributed by atoms with Crippen molar-refractivity contribution in [2.45, 2.75) is 46.5 Å². The van der Waals surface area contributed by atoms with Gasteiger partial charge in [-0.15, -0.1) is 0 Å². The lowest BCUT2D eigenvalue weighted by molar-refractivity contribution is 0.866. The van der Waals surface area contributed by atoms with Crippen LogP contribution in [-0.2, 0) is 0 Å². The van der Waals surface area contributed by atoms with Gasteiger partial charge in [-0.2, -0.15) is 0 Å². The molecule has 0 aromatic heterocycles. The second kappa shape index (κ2) is 8.11. The van der Waals surface area contributed by atoms with Crippen LogP contribution in [-0.4, -0.2) is 0 Å². The van der Waals surface area contributed by atoms with E-state index in [4.69, 9.17) is 11.6 Å². The minimum absolute atomic E-state index is 0.595. The summed E-state index contributed by atoms with van der Waals surface area (Å²) in [7, 11) is 0. The number of hydrogen-bond donors (Lipinski definition) is 0. The Balaban J connectivity index is 0.000000200. The maximum Gasteiger partial charge on any atom is 0.0406 e. The lowest BCUT2D eigenvalue weighted by atomic mass is 10.0. The van der Waals surface area contributed by atoms with Crippen molar-refractivity contribution in [2.75, 3.05) is 0 Å². The lowest BCUT2D eigenvalue weighted by Crippen LogP contribution is -1.85. The first-order valence-corrected chi connectivity index (χ1v) is 7.60. The summed E-state index contributed by atoms with van der Waals surface area (Å²) in [6, 6.07) is 16.7. The molecule has 2 aromatic rings. The molecule has 108 valence electrons. The van der Waals surface area contributed by atoms with Gasteiger partial charge in [0.15, 0.2) is 0 Å². The van der Waals surface area contributed by atoms with Gasteiger partial charge in [0.05, 0.1) is 0 Å². The van der Waals surface area contributed by atoms with Crippen molar-refractivity contribution in [1.82, 2.24) is 0 Å². The fourth-order valence-electron chi connectivity index (χ4n) is 1.80. The summed E-state index contributed by atoms with van der Waals surface area (Å²) in [6.07, 6.45) is 0. The van der Waals surface area contributed by atoms with Gasteiger partial charge in [0.2, 0.25) is 0 Å². The maximum absolute atomic E-state index is 5.72. The van der Waals surface area contributed by atoms with Crippen LogP contribution < -0.4 is 0 Å². The number of hydrogen-bond acceptors (Lipinski definition) is 0. The molecule has 0 aliphatic rings. The number of benzene rings is 2. The molecule has 0 N–H and O–H groups in total. The first kappa shape index (κ1) is 16.8. The summed E-state index contributed by atoms with van der Waals surface area (Å²) in [5, 5.41) is 0.810. The highest BCUT2D eigenvalue weighted by Gasteiger charge is 1.96. The third kappa shape index (κ3) is 5.79. The molecular weight excluding hydrogens is 264 g/mol.